The SMILES string of the molecule is O=c1o[nH][n+](-c2ccc(Cl)cc2)c1S(=O)(=O)Cl. The van der Waals surface area contributed by atoms with Crippen LogP contribution < -0.4 is 10.3 Å². The third kappa shape index (κ3) is 2.36. The first-order valence-corrected chi connectivity index (χ1v) is 6.92. The van der Waals surface area contributed by atoms with Crippen molar-refractivity contribution in [2.45, 2.75) is 5.03 Å². The van der Waals surface area contributed by atoms with Gasteiger partial charge in [0.2, 0.25) is 5.69 Å². The molecule has 2 aromatic rings. The summed E-state index contributed by atoms with van der Waals surface area (Å²) in [6.07, 6.45) is 0. The van der Waals surface area contributed by atoms with E-state index in [4.69, 9.17) is 22.3 Å². The normalized spacial score (nSPS) is 11.6. The Morgan fingerprint density at radius 2 is 1.82 bits per heavy atom. The lowest BCUT2D eigenvalue weighted by Gasteiger charge is -1.91. The molecule has 0 amide bonds. The fraction of sp³-hybridized carbons (Fsp3) is 0. The van der Waals surface area contributed by atoms with Gasteiger partial charge in [-0.25, -0.2) is 13.2 Å². The highest BCUT2D eigenvalue weighted by atomic mass is 35.7. The van der Waals surface area contributed by atoms with E-state index in [0.29, 0.717) is 10.7 Å². The minimum atomic E-state index is -4.21. The Morgan fingerprint density at radius 1 is 1.24 bits per heavy atom. The van der Waals surface area contributed by atoms with Crippen LogP contribution in [0.25, 0.3) is 5.69 Å². The quantitative estimate of drug-likeness (QED) is 0.657. The van der Waals surface area contributed by atoms with Crippen LogP contribution in [0.1, 0.15) is 0 Å². The van der Waals surface area contributed by atoms with Crippen LogP contribution in [0.2, 0.25) is 5.02 Å². The van der Waals surface area contributed by atoms with Crippen LogP contribution in [-0.2, 0) is 9.05 Å². The van der Waals surface area contributed by atoms with Crippen LogP contribution in [0.4, 0.5) is 0 Å². The van der Waals surface area contributed by atoms with Gasteiger partial charge in [0, 0.05) is 27.8 Å². The summed E-state index contributed by atoms with van der Waals surface area (Å²) in [5.41, 5.74) is -0.727. The van der Waals surface area contributed by atoms with Crippen molar-refractivity contribution < 1.29 is 17.6 Å². The van der Waals surface area contributed by atoms with Crippen molar-refractivity contribution in [1.82, 2.24) is 5.27 Å². The van der Waals surface area contributed by atoms with E-state index in [9.17, 15) is 13.2 Å². The second-order valence-electron chi connectivity index (χ2n) is 3.04. The first-order chi connectivity index (χ1) is 7.89. The van der Waals surface area contributed by atoms with Gasteiger partial charge in [-0.3, -0.25) is 4.52 Å². The first kappa shape index (κ1) is 12.2. The molecule has 1 N–H and O–H groups in total. The number of aromatic nitrogens is 2. The molecule has 0 aliphatic heterocycles. The molecule has 1 aromatic heterocycles. The largest absolute Gasteiger partial charge is 0.448 e. The number of halogens is 2. The summed E-state index contributed by atoms with van der Waals surface area (Å²) in [5, 5.41) is 1.91. The lowest BCUT2D eigenvalue weighted by molar-refractivity contribution is -0.705. The second kappa shape index (κ2) is 4.17. The molecule has 17 heavy (non-hydrogen) atoms. The Morgan fingerprint density at radius 3 is 2.35 bits per heavy atom. The molecule has 0 atom stereocenters. The van der Waals surface area contributed by atoms with E-state index < -0.39 is 19.7 Å². The Kier molecular flexibility index (Phi) is 2.98. The number of H-pyrrole nitrogens is 1. The number of hydrogen-bond donors (Lipinski definition) is 1. The van der Waals surface area contributed by atoms with Crippen molar-refractivity contribution in [2.24, 2.45) is 0 Å². The summed E-state index contributed by atoms with van der Waals surface area (Å²) in [5.74, 6) is 0. The van der Waals surface area contributed by atoms with Gasteiger partial charge in [0.1, 0.15) is 0 Å². The average Bonchev–Trinajstić information content (AvgIpc) is 2.61. The molecule has 0 radical (unpaired) electrons. The minimum absolute atomic E-state index is 0.347. The van der Waals surface area contributed by atoms with Gasteiger partial charge in [0.25, 0.3) is 0 Å². The summed E-state index contributed by atoms with van der Waals surface area (Å²) in [6, 6.07) is 6.05. The second-order valence-corrected chi connectivity index (χ2v) is 5.95. The number of benzene rings is 1. The van der Waals surface area contributed by atoms with Gasteiger partial charge in [-0.15, -0.1) is 0 Å². The average molecular weight is 296 g/mol. The number of nitrogens with one attached hydrogen (secondary N) is 1. The predicted octanol–water partition coefficient (Wildman–Crippen LogP) is 0.825. The van der Waals surface area contributed by atoms with E-state index in [0.717, 1.165) is 4.68 Å². The van der Waals surface area contributed by atoms with Crippen molar-refractivity contribution in [3.8, 4) is 5.69 Å². The van der Waals surface area contributed by atoms with Crippen molar-refractivity contribution in [1.29, 1.82) is 0 Å². The van der Waals surface area contributed by atoms with E-state index >= 15 is 0 Å². The Hall–Kier alpha value is -1.31. The number of rotatable bonds is 2. The van der Waals surface area contributed by atoms with Crippen LogP contribution in [0.5, 0.6) is 0 Å². The van der Waals surface area contributed by atoms with E-state index in [-0.39, 0.29) is 0 Å². The van der Waals surface area contributed by atoms with Crippen molar-refractivity contribution in [2.75, 3.05) is 0 Å². The molecule has 9 heteroatoms. The van der Waals surface area contributed by atoms with Crippen LogP contribution >= 0.6 is 22.3 Å². The molecule has 0 spiro atoms. The van der Waals surface area contributed by atoms with Crippen molar-refractivity contribution in [3.63, 3.8) is 0 Å². The summed E-state index contributed by atoms with van der Waals surface area (Å²) < 4.78 is 27.7. The highest BCUT2D eigenvalue weighted by molar-refractivity contribution is 8.13. The third-order valence-electron chi connectivity index (χ3n) is 1.92. The molecular formula is C8H5Cl2N2O4S+. The number of nitrogens with zero attached hydrogens (tertiary/aromatic N) is 1. The van der Waals surface area contributed by atoms with Gasteiger partial charge in [-0.1, -0.05) is 11.6 Å². The number of aromatic amines is 1. The van der Waals surface area contributed by atoms with E-state index in [2.05, 4.69) is 9.79 Å². The molecule has 1 heterocycles. The van der Waals surface area contributed by atoms with Gasteiger partial charge in [0.15, 0.2) is 0 Å². The smallest absolute Gasteiger partial charge is 0.281 e. The Bertz CT molecular complexity index is 702. The number of hydrogen-bond acceptors (Lipinski definition) is 4. The fourth-order valence-corrected chi connectivity index (χ4v) is 2.36. The summed E-state index contributed by atoms with van der Waals surface area (Å²) >= 11 is 5.69. The molecule has 0 unspecified atom stereocenters. The topological polar surface area (TPSA) is 84.0 Å². The maximum Gasteiger partial charge on any atom is 0.448 e. The highest BCUT2D eigenvalue weighted by Gasteiger charge is 2.34. The summed E-state index contributed by atoms with van der Waals surface area (Å²) in [6.45, 7) is 0. The zero-order valence-corrected chi connectivity index (χ0v) is 10.4. The zero-order valence-electron chi connectivity index (χ0n) is 8.05. The summed E-state index contributed by atoms with van der Waals surface area (Å²) in [4.78, 5) is 11.2. The monoisotopic (exact) mass is 295 g/mol. The van der Waals surface area contributed by atoms with E-state index in [1.807, 2.05) is 0 Å². The van der Waals surface area contributed by atoms with E-state index in [1.165, 1.54) is 24.3 Å². The molecular weight excluding hydrogens is 291 g/mol. The molecule has 0 aliphatic carbocycles. The molecule has 0 saturated carbocycles. The molecule has 0 saturated heterocycles. The lowest BCUT2D eigenvalue weighted by Crippen LogP contribution is -2.39. The van der Waals surface area contributed by atoms with Crippen LogP contribution in [0.15, 0.2) is 38.6 Å². The van der Waals surface area contributed by atoms with Gasteiger partial charge >= 0.3 is 19.7 Å². The first-order valence-electron chi connectivity index (χ1n) is 4.24. The maximum atomic E-state index is 11.2. The van der Waals surface area contributed by atoms with Gasteiger partial charge in [-0.05, 0) is 22.1 Å². The maximum absolute atomic E-state index is 11.2. The summed E-state index contributed by atoms with van der Waals surface area (Å²) in [7, 11) is 0.922. The van der Waals surface area contributed by atoms with Gasteiger partial charge < -0.3 is 0 Å². The van der Waals surface area contributed by atoms with E-state index in [1.54, 1.807) is 0 Å². The molecule has 0 bridgehead atoms. The zero-order chi connectivity index (χ0) is 12.6. The molecule has 90 valence electrons. The van der Waals surface area contributed by atoms with Crippen LogP contribution in [0, 0.1) is 0 Å². The van der Waals surface area contributed by atoms with Crippen molar-refractivity contribution in [3.05, 3.63) is 39.7 Å². The molecule has 0 aliphatic rings. The molecule has 2 rings (SSSR count). The van der Waals surface area contributed by atoms with Crippen molar-refractivity contribution >= 4 is 31.3 Å². The Labute approximate surface area is 105 Å². The fourth-order valence-electron chi connectivity index (χ4n) is 1.23. The van der Waals surface area contributed by atoms with Gasteiger partial charge in [-0.2, -0.15) is 0 Å². The Balaban J connectivity index is 2.70. The third-order valence-corrected chi connectivity index (χ3v) is 3.42. The predicted molar refractivity (Wildman–Crippen MR) is 58.9 cm³/mol. The van der Waals surface area contributed by atoms with Gasteiger partial charge in [0.05, 0.1) is 0 Å². The van der Waals surface area contributed by atoms with Crippen LogP contribution in [-0.4, -0.2) is 13.7 Å². The lowest BCUT2D eigenvalue weighted by atomic mass is 10.3. The molecule has 6 nitrogen and oxygen atoms in total. The molecule has 1 aromatic carbocycles. The van der Waals surface area contributed by atoms with Crippen LogP contribution in [0.3, 0.4) is 0 Å². The molecule has 0 fully saturated rings. The standard InChI is InChI=1S/C8H4Cl2N2O4S/c9-5-1-3-6(4-2-5)12-7(17(10,14)15)8(13)16-11-12/h1-4H/p+1. The minimum Gasteiger partial charge on any atom is -0.281 e. The highest BCUT2D eigenvalue weighted by Crippen LogP contribution is 2.11.